The van der Waals surface area contributed by atoms with Crippen molar-refractivity contribution in [3.8, 4) is 45.3 Å². The summed E-state index contributed by atoms with van der Waals surface area (Å²) in [7, 11) is 0. The third kappa shape index (κ3) is 9.23. The van der Waals surface area contributed by atoms with E-state index in [-0.39, 0.29) is 28.9 Å². The summed E-state index contributed by atoms with van der Waals surface area (Å²) in [6.07, 6.45) is 7.22. The zero-order valence-corrected chi connectivity index (χ0v) is 30.7. The molecule has 2 N–H and O–H groups in total. The number of hydrogen-bond donors (Lipinski definition) is 2. The van der Waals surface area contributed by atoms with Gasteiger partial charge in [0.2, 0.25) is 0 Å². The van der Waals surface area contributed by atoms with Crippen LogP contribution in [0.5, 0.6) is 23.0 Å². The molecule has 6 nitrogen and oxygen atoms in total. The maximum absolute atomic E-state index is 13.7. The van der Waals surface area contributed by atoms with Crippen LogP contribution in [0.15, 0.2) is 67.2 Å². The van der Waals surface area contributed by atoms with E-state index >= 15 is 0 Å². The predicted molar refractivity (Wildman–Crippen MR) is 203 cm³/mol. The summed E-state index contributed by atoms with van der Waals surface area (Å²) in [5.74, 6) is -2.30. The molecule has 0 amide bonds. The highest BCUT2D eigenvalue weighted by Gasteiger charge is 2.27. The smallest absolute Gasteiger partial charge is 0.423 e. The van der Waals surface area contributed by atoms with Crippen LogP contribution in [-0.2, 0) is 22.4 Å². The first kappa shape index (κ1) is 38.0. The molecule has 0 aliphatic carbocycles. The van der Waals surface area contributed by atoms with Crippen LogP contribution in [0.3, 0.4) is 0 Å². The Morgan fingerprint density at radius 1 is 0.680 bits per heavy atom. The Kier molecular flexibility index (Phi) is 13.1. The molecule has 0 aromatic heterocycles. The van der Waals surface area contributed by atoms with E-state index in [1.165, 1.54) is 0 Å². The van der Waals surface area contributed by atoms with Gasteiger partial charge in [-0.25, -0.2) is 9.59 Å². The zero-order chi connectivity index (χ0) is 36.5. The van der Waals surface area contributed by atoms with Gasteiger partial charge in [0.25, 0.3) is 0 Å². The van der Waals surface area contributed by atoms with Crippen LogP contribution in [-0.4, -0.2) is 22.2 Å². The normalized spacial score (nSPS) is 11.1. The van der Waals surface area contributed by atoms with E-state index in [0.29, 0.717) is 29.5 Å². The van der Waals surface area contributed by atoms with Crippen LogP contribution in [0.4, 0.5) is 0 Å². The Morgan fingerprint density at radius 3 is 1.60 bits per heavy atom. The summed E-state index contributed by atoms with van der Waals surface area (Å²) < 4.78 is 11.7. The Morgan fingerprint density at radius 2 is 1.14 bits per heavy atom. The zero-order valence-electron chi connectivity index (χ0n) is 30.7. The maximum atomic E-state index is 13.7. The molecule has 6 heteroatoms. The van der Waals surface area contributed by atoms with Crippen molar-refractivity contribution < 1.29 is 29.3 Å². The molecule has 0 saturated heterocycles. The molecule has 264 valence electrons. The van der Waals surface area contributed by atoms with Crippen molar-refractivity contribution in [1.82, 2.24) is 0 Å². The van der Waals surface area contributed by atoms with E-state index in [2.05, 4.69) is 34.3 Å². The second-order valence-corrected chi connectivity index (χ2v) is 13.7. The van der Waals surface area contributed by atoms with Crippen LogP contribution in [0, 0.1) is 13.8 Å². The number of phenols is 2. The third-order valence-corrected chi connectivity index (χ3v) is 9.00. The average Bonchev–Trinajstić information content (AvgIpc) is 3.04. The van der Waals surface area contributed by atoms with Gasteiger partial charge in [-0.15, -0.1) is 0 Å². The predicted octanol–water partition coefficient (Wildman–Crippen LogP) is 11.2. The molecule has 0 fully saturated rings. The van der Waals surface area contributed by atoms with Gasteiger partial charge in [0.1, 0.15) is 23.0 Å². The fourth-order valence-corrected chi connectivity index (χ4v) is 6.37. The minimum Gasteiger partial charge on any atom is -0.507 e. The SMILES string of the molecule is C=C(C)c1ccc(C)cc1-c1c(O)cc(CCCCC)cc1OC(=O)C(=O)Oc1cc(CCCCC)cc(O)c1-c1cc(C)ccc1C(C)C. The van der Waals surface area contributed by atoms with Crippen molar-refractivity contribution in [1.29, 1.82) is 0 Å². The van der Waals surface area contributed by atoms with Gasteiger partial charge in [0.05, 0.1) is 11.1 Å². The average molecular weight is 677 g/mol. The molecule has 4 aromatic rings. The molecule has 0 radical (unpaired) electrons. The third-order valence-electron chi connectivity index (χ3n) is 9.00. The molecule has 0 aliphatic heterocycles. The summed E-state index contributed by atoms with van der Waals surface area (Å²) in [5, 5.41) is 22.8. The highest BCUT2D eigenvalue weighted by molar-refractivity contribution is 6.31. The van der Waals surface area contributed by atoms with E-state index in [9.17, 15) is 19.8 Å². The van der Waals surface area contributed by atoms with Crippen molar-refractivity contribution in [2.45, 2.75) is 106 Å². The van der Waals surface area contributed by atoms with E-state index in [0.717, 1.165) is 83.0 Å². The van der Waals surface area contributed by atoms with Gasteiger partial charge < -0.3 is 19.7 Å². The molecule has 0 saturated carbocycles. The van der Waals surface area contributed by atoms with Gasteiger partial charge in [-0.05, 0) is 110 Å². The molecular formula is C44H52O6. The number of allylic oxidation sites excluding steroid dienone is 1. The van der Waals surface area contributed by atoms with Crippen molar-refractivity contribution >= 4 is 17.5 Å². The van der Waals surface area contributed by atoms with Gasteiger partial charge >= 0.3 is 11.9 Å². The van der Waals surface area contributed by atoms with Crippen LogP contribution in [0.2, 0.25) is 0 Å². The van der Waals surface area contributed by atoms with Crippen LogP contribution in [0.25, 0.3) is 27.8 Å². The van der Waals surface area contributed by atoms with Gasteiger partial charge in [-0.3, -0.25) is 0 Å². The molecule has 0 bridgehead atoms. The Balaban J connectivity index is 1.79. The van der Waals surface area contributed by atoms with E-state index < -0.39 is 11.9 Å². The van der Waals surface area contributed by atoms with Gasteiger partial charge in [-0.1, -0.05) is 113 Å². The van der Waals surface area contributed by atoms with Gasteiger partial charge in [0.15, 0.2) is 0 Å². The number of aromatic hydroxyl groups is 2. The summed E-state index contributed by atoms with van der Waals surface area (Å²) >= 11 is 0. The summed E-state index contributed by atoms with van der Waals surface area (Å²) in [6, 6.07) is 18.6. The van der Waals surface area contributed by atoms with Gasteiger partial charge in [-0.2, -0.15) is 0 Å². The number of hydrogen-bond acceptors (Lipinski definition) is 6. The molecule has 0 atom stereocenters. The number of ether oxygens (including phenoxy) is 2. The lowest BCUT2D eigenvalue weighted by Gasteiger charge is -2.19. The number of benzene rings is 4. The van der Waals surface area contributed by atoms with Crippen LogP contribution >= 0.6 is 0 Å². The second kappa shape index (κ2) is 17.2. The minimum absolute atomic E-state index is 0.0265. The molecule has 50 heavy (non-hydrogen) atoms. The lowest BCUT2D eigenvalue weighted by molar-refractivity contribution is -0.156. The first-order valence-corrected chi connectivity index (χ1v) is 17.9. The molecule has 0 spiro atoms. The summed E-state index contributed by atoms with van der Waals surface area (Å²) in [5.41, 5.74) is 8.03. The highest BCUT2D eigenvalue weighted by Crippen LogP contribution is 2.45. The van der Waals surface area contributed by atoms with Gasteiger partial charge in [0, 0.05) is 0 Å². The fourth-order valence-electron chi connectivity index (χ4n) is 6.37. The van der Waals surface area contributed by atoms with E-state index in [1.54, 1.807) is 24.3 Å². The van der Waals surface area contributed by atoms with Crippen molar-refractivity contribution in [2.75, 3.05) is 0 Å². The molecule has 0 aliphatic rings. The Labute approximate surface area is 297 Å². The maximum Gasteiger partial charge on any atom is 0.423 e. The Hall–Kier alpha value is -4.84. The quantitative estimate of drug-likeness (QED) is 0.0597. The monoisotopic (exact) mass is 676 g/mol. The highest BCUT2D eigenvalue weighted by atomic mass is 16.6. The molecule has 0 unspecified atom stereocenters. The molecule has 4 aromatic carbocycles. The lowest BCUT2D eigenvalue weighted by Crippen LogP contribution is -2.26. The van der Waals surface area contributed by atoms with Crippen molar-refractivity contribution in [3.05, 3.63) is 101 Å². The minimum atomic E-state index is -1.24. The van der Waals surface area contributed by atoms with Crippen molar-refractivity contribution in [3.63, 3.8) is 0 Å². The molecule has 4 rings (SSSR count). The number of aryl methyl sites for hydroxylation is 4. The Bertz CT molecular complexity index is 1870. The second-order valence-electron chi connectivity index (χ2n) is 13.7. The first-order chi connectivity index (χ1) is 23.8. The standard InChI is InChI=1S/C44H52O6/c1-9-11-13-15-31-23-37(45)41(35-21-29(7)17-19-33(35)27(3)4)39(25-31)49-43(47)44(48)50-40-26-32(16-14-12-10-2)24-38(46)42(40)36-22-30(8)18-20-34(36)28(5)6/h17-26,28,45-46H,3,9-16H2,1-2,4-8H3. The number of esters is 2. The first-order valence-electron chi connectivity index (χ1n) is 17.9. The van der Waals surface area contributed by atoms with Crippen LogP contribution in [0.1, 0.15) is 112 Å². The largest absolute Gasteiger partial charge is 0.507 e. The number of carbonyl (C=O) groups is 2. The van der Waals surface area contributed by atoms with E-state index in [1.807, 2.05) is 57.2 Å². The lowest BCUT2D eigenvalue weighted by atomic mass is 9.89. The fraction of sp³-hybridized carbons (Fsp3) is 0.364. The number of carbonyl (C=O) groups excluding carboxylic acids is 2. The number of unbranched alkanes of at least 4 members (excludes halogenated alkanes) is 4. The molecule has 0 heterocycles. The summed E-state index contributed by atoms with van der Waals surface area (Å²) in [6.45, 7) is 18.2. The molecular weight excluding hydrogens is 624 g/mol. The number of phenolic OH excluding ortho intramolecular Hbond substituents is 2. The topological polar surface area (TPSA) is 93.1 Å². The van der Waals surface area contributed by atoms with Crippen molar-refractivity contribution in [2.24, 2.45) is 0 Å². The summed E-state index contributed by atoms with van der Waals surface area (Å²) in [4.78, 5) is 27.3. The number of rotatable bonds is 14. The van der Waals surface area contributed by atoms with E-state index in [4.69, 9.17) is 9.47 Å². The van der Waals surface area contributed by atoms with Crippen LogP contribution < -0.4 is 9.47 Å².